The zero-order valence-electron chi connectivity index (χ0n) is 29.5. The number of para-hydroxylation sites is 2. The lowest BCUT2D eigenvalue weighted by atomic mass is 9.35. The molecular weight excluding hydrogens is 621 g/mol. The van der Waals surface area contributed by atoms with Gasteiger partial charge in [-0.05, 0) is 70.2 Å². The van der Waals surface area contributed by atoms with Crippen LogP contribution in [0.3, 0.4) is 0 Å². The molecule has 0 spiro atoms. The summed E-state index contributed by atoms with van der Waals surface area (Å²) in [5, 5.41) is 12.3. The van der Waals surface area contributed by atoms with Crippen molar-refractivity contribution in [2.24, 2.45) is 5.10 Å². The van der Waals surface area contributed by atoms with Gasteiger partial charge in [0.25, 0.3) is 0 Å². The topological polar surface area (TPSA) is 36.7 Å². The lowest BCUT2D eigenvalue weighted by Gasteiger charge is -2.24. The number of aryl methyl sites for hydroxylation is 3. The second kappa shape index (κ2) is 13.6. The average molecular weight is 662 g/mol. The minimum absolute atomic E-state index is 0.00760. The van der Waals surface area contributed by atoms with Crippen LogP contribution in [0, 0.1) is 20.8 Å². The Bertz CT molecular complexity index is 2270. The number of hydrogen-bond acceptors (Lipinski definition) is 4. The lowest BCUT2D eigenvalue weighted by molar-refractivity contribution is 0.892. The number of aromatic nitrogens is 2. The molecule has 0 saturated heterocycles. The van der Waals surface area contributed by atoms with Crippen molar-refractivity contribution in [3.8, 4) is 28.2 Å². The van der Waals surface area contributed by atoms with E-state index in [2.05, 4.69) is 194 Å². The summed E-state index contributed by atoms with van der Waals surface area (Å²) in [6.45, 7) is 9.42. The molecule has 1 aliphatic rings. The minimum atomic E-state index is 0.00760. The SMILES string of the molecule is CC1=NN(c2cccc(B(c3cccc(-c4cc(-c5ccccc5)n(-c5ccccc5)n4)c3)c3c(C)cc(C)cc3C)c2)CN1c1ccccc1. The molecule has 0 N–H and O–H groups in total. The first-order valence-corrected chi connectivity index (χ1v) is 17.6. The Hall–Kier alpha value is -6.14. The molecule has 0 aliphatic carbocycles. The zero-order valence-corrected chi connectivity index (χ0v) is 29.5. The first-order valence-electron chi connectivity index (χ1n) is 17.6. The maximum absolute atomic E-state index is 5.22. The van der Waals surface area contributed by atoms with Crippen molar-refractivity contribution in [1.29, 1.82) is 0 Å². The summed E-state index contributed by atoms with van der Waals surface area (Å²) >= 11 is 0. The molecule has 0 saturated carbocycles. The Morgan fingerprint density at radius 1 is 0.529 bits per heavy atom. The third kappa shape index (κ3) is 6.37. The van der Waals surface area contributed by atoms with Crippen LogP contribution in [0.1, 0.15) is 23.6 Å². The third-order valence-corrected chi connectivity index (χ3v) is 9.82. The minimum Gasteiger partial charge on any atom is -0.308 e. The van der Waals surface area contributed by atoms with Gasteiger partial charge in [0.1, 0.15) is 12.5 Å². The summed E-state index contributed by atoms with van der Waals surface area (Å²) in [7, 11) is 0. The highest BCUT2D eigenvalue weighted by Crippen LogP contribution is 2.29. The number of amidine groups is 1. The Morgan fingerprint density at radius 2 is 1.10 bits per heavy atom. The highest BCUT2D eigenvalue weighted by atomic mass is 15.6. The fourth-order valence-corrected chi connectivity index (χ4v) is 7.53. The molecule has 1 aromatic heterocycles. The normalized spacial score (nSPS) is 12.7. The number of hydrazone groups is 1. The van der Waals surface area contributed by atoms with Crippen molar-refractivity contribution < 1.29 is 0 Å². The molecular formula is C45H40BN5. The van der Waals surface area contributed by atoms with Gasteiger partial charge in [-0.15, -0.1) is 0 Å². The fourth-order valence-electron chi connectivity index (χ4n) is 7.53. The van der Waals surface area contributed by atoms with Crippen molar-refractivity contribution in [1.82, 2.24) is 9.78 Å². The molecule has 8 rings (SSSR count). The Labute approximate surface area is 301 Å². The molecule has 51 heavy (non-hydrogen) atoms. The van der Waals surface area contributed by atoms with E-state index < -0.39 is 0 Å². The Balaban J connectivity index is 1.23. The number of anilines is 2. The molecule has 6 aromatic carbocycles. The Morgan fingerprint density at radius 3 is 1.78 bits per heavy atom. The van der Waals surface area contributed by atoms with Crippen LogP contribution in [0.5, 0.6) is 0 Å². The van der Waals surface area contributed by atoms with E-state index in [1.54, 1.807) is 0 Å². The van der Waals surface area contributed by atoms with Gasteiger partial charge >= 0.3 is 0 Å². The van der Waals surface area contributed by atoms with E-state index in [-0.39, 0.29) is 6.71 Å². The first kappa shape index (κ1) is 32.1. The van der Waals surface area contributed by atoms with Gasteiger partial charge in [-0.3, -0.25) is 0 Å². The predicted molar refractivity (Wildman–Crippen MR) is 216 cm³/mol. The van der Waals surface area contributed by atoms with E-state index in [1.165, 1.54) is 33.1 Å². The molecule has 0 bridgehead atoms. The molecule has 0 fully saturated rings. The fraction of sp³-hybridized carbons (Fsp3) is 0.111. The highest BCUT2D eigenvalue weighted by molar-refractivity contribution is 6.96. The average Bonchev–Trinajstić information content (AvgIpc) is 3.79. The molecule has 0 radical (unpaired) electrons. The van der Waals surface area contributed by atoms with E-state index in [1.807, 2.05) is 6.07 Å². The maximum atomic E-state index is 5.22. The first-order chi connectivity index (χ1) is 24.9. The molecule has 7 aromatic rings. The third-order valence-electron chi connectivity index (χ3n) is 9.82. The quantitative estimate of drug-likeness (QED) is 0.154. The molecule has 5 nitrogen and oxygen atoms in total. The number of benzene rings is 6. The number of hydrogen-bond donors (Lipinski definition) is 0. The van der Waals surface area contributed by atoms with Crippen LogP contribution in [0.4, 0.5) is 11.4 Å². The van der Waals surface area contributed by atoms with E-state index >= 15 is 0 Å². The van der Waals surface area contributed by atoms with Crippen LogP contribution in [-0.2, 0) is 0 Å². The van der Waals surface area contributed by atoms with Crippen LogP contribution in [0.2, 0.25) is 0 Å². The summed E-state index contributed by atoms with van der Waals surface area (Å²) in [6, 6.07) is 56.1. The summed E-state index contributed by atoms with van der Waals surface area (Å²) in [5.41, 5.74) is 15.1. The second-order valence-corrected chi connectivity index (χ2v) is 13.4. The summed E-state index contributed by atoms with van der Waals surface area (Å²) in [5.74, 6) is 0.978. The summed E-state index contributed by atoms with van der Waals surface area (Å²) in [4.78, 5) is 2.25. The predicted octanol–water partition coefficient (Wildman–Crippen LogP) is 8.27. The molecule has 248 valence electrons. The van der Waals surface area contributed by atoms with Crippen molar-refractivity contribution in [2.45, 2.75) is 27.7 Å². The van der Waals surface area contributed by atoms with Crippen LogP contribution in [-0.4, -0.2) is 29.0 Å². The van der Waals surface area contributed by atoms with Crippen molar-refractivity contribution in [3.63, 3.8) is 0 Å². The number of rotatable bonds is 8. The van der Waals surface area contributed by atoms with Gasteiger partial charge in [0.15, 0.2) is 0 Å². The molecule has 2 heterocycles. The smallest absolute Gasteiger partial charge is 0.242 e. The van der Waals surface area contributed by atoms with Gasteiger partial charge < -0.3 is 4.90 Å². The largest absolute Gasteiger partial charge is 0.308 e. The molecule has 1 aliphatic heterocycles. The summed E-state index contributed by atoms with van der Waals surface area (Å²) in [6.07, 6.45) is 0. The standard InChI is InChI=1S/C45H40BN5/c1-32-26-33(2)45(34(3)27-32)46(39-20-15-25-42(29-39)50-31-49(35(4)47-50)40-21-10-6-11-22-40)38-19-14-18-37(28-38)43-30-44(36-16-8-5-9-17-36)51(48-43)41-23-12-7-13-24-41/h5-30H,31H2,1-4H3. The number of nitrogens with zero attached hydrogens (tertiary/aromatic N) is 5. The van der Waals surface area contributed by atoms with Gasteiger partial charge in [0.2, 0.25) is 6.71 Å². The van der Waals surface area contributed by atoms with Crippen molar-refractivity contribution in [2.75, 3.05) is 16.6 Å². The maximum Gasteiger partial charge on any atom is 0.242 e. The van der Waals surface area contributed by atoms with Gasteiger partial charge in [0, 0.05) is 16.8 Å². The monoisotopic (exact) mass is 661 g/mol. The molecule has 6 heteroatoms. The van der Waals surface area contributed by atoms with E-state index in [0.717, 1.165) is 45.4 Å². The van der Waals surface area contributed by atoms with Crippen LogP contribution in [0.15, 0.2) is 163 Å². The van der Waals surface area contributed by atoms with Crippen LogP contribution in [0.25, 0.3) is 28.2 Å². The summed E-state index contributed by atoms with van der Waals surface area (Å²) < 4.78 is 2.06. The van der Waals surface area contributed by atoms with Crippen molar-refractivity contribution in [3.05, 3.63) is 174 Å². The van der Waals surface area contributed by atoms with Gasteiger partial charge in [-0.1, -0.05) is 148 Å². The van der Waals surface area contributed by atoms with Gasteiger partial charge in [0.05, 0.1) is 22.8 Å². The van der Waals surface area contributed by atoms with Crippen molar-refractivity contribution >= 4 is 40.3 Å². The molecule has 0 unspecified atom stereocenters. The van der Waals surface area contributed by atoms with Crippen LogP contribution >= 0.6 is 0 Å². The van der Waals surface area contributed by atoms with E-state index in [0.29, 0.717) is 6.67 Å². The Kier molecular flexibility index (Phi) is 8.58. The van der Waals surface area contributed by atoms with E-state index in [9.17, 15) is 0 Å². The second-order valence-electron chi connectivity index (χ2n) is 13.4. The van der Waals surface area contributed by atoms with Gasteiger partial charge in [-0.2, -0.15) is 10.2 Å². The van der Waals surface area contributed by atoms with Gasteiger partial charge in [-0.25, -0.2) is 9.69 Å². The zero-order chi connectivity index (χ0) is 34.9. The molecule has 0 amide bonds. The highest BCUT2D eigenvalue weighted by Gasteiger charge is 2.28. The lowest BCUT2D eigenvalue weighted by Crippen LogP contribution is -2.54. The molecule has 0 atom stereocenters. The van der Waals surface area contributed by atoms with Crippen LogP contribution < -0.4 is 26.3 Å². The van der Waals surface area contributed by atoms with E-state index in [4.69, 9.17) is 10.2 Å².